The average molecular weight is 204 g/mol. The van der Waals surface area contributed by atoms with Crippen molar-refractivity contribution in [2.75, 3.05) is 5.32 Å². The summed E-state index contributed by atoms with van der Waals surface area (Å²) in [6, 6.07) is 7.36. The Labute approximate surface area is 87.8 Å². The molecule has 0 fully saturated rings. The zero-order valence-corrected chi connectivity index (χ0v) is 8.36. The maximum absolute atomic E-state index is 11.3. The normalized spacial score (nSPS) is 10.2. The van der Waals surface area contributed by atoms with Gasteiger partial charge >= 0.3 is 0 Å². The highest BCUT2D eigenvalue weighted by molar-refractivity contribution is 6.03. The molecule has 2 amide bonds. The molecule has 0 saturated carbocycles. The number of carbonyl (C=O) groups is 2. The summed E-state index contributed by atoms with van der Waals surface area (Å²) in [5.74, 6) is -1.02. The minimum absolute atomic E-state index is 0.372. The van der Waals surface area contributed by atoms with E-state index in [0.29, 0.717) is 0 Å². The number of anilines is 1. The fourth-order valence-electron chi connectivity index (χ4n) is 1.05. The van der Waals surface area contributed by atoms with Gasteiger partial charge in [0.15, 0.2) is 0 Å². The van der Waals surface area contributed by atoms with Gasteiger partial charge in [0.2, 0.25) is 11.8 Å². The second kappa shape index (κ2) is 4.95. The molecule has 0 atom stereocenters. The molecule has 0 aliphatic heterocycles. The molecule has 0 aliphatic carbocycles. The van der Waals surface area contributed by atoms with Crippen LogP contribution in [0, 0.1) is 6.92 Å². The van der Waals surface area contributed by atoms with Gasteiger partial charge in [0, 0.05) is 17.8 Å². The van der Waals surface area contributed by atoms with Gasteiger partial charge in [-0.2, -0.15) is 0 Å². The second-order valence-electron chi connectivity index (χ2n) is 3.04. The largest absolute Gasteiger partial charge is 0.366 e. The lowest BCUT2D eigenvalue weighted by Gasteiger charge is -2.04. The summed E-state index contributed by atoms with van der Waals surface area (Å²) in [4.78, 5) is 21.6. The molecule has 78 valence electrons. The molecule has 0 bridgehead atoms. The third kappa shape index (κ3) is 3.64. The Hall–Kier alpha value is -2.10. The summed E-state index contributed by atoms with van der Waals surface area (Å²) in [6.45, 7) is 1.88. The molecule has 4 nitrogen and oxygen atoms in total. The van der Waals surface area contributed by atoms with E-state index in [4.69, 9.17) is 5.73 Å². The molecule has 0 unspecified atom stereocenters. The lowest BCUT2D eigenvalue weighted by Crippen LogP contribution is -2.12. The second-order valence-corrected chi connectivity index (χ2v) is 3.04. The maximum Gasteiger partial charge on any atom is 0.248 e. The summed E-state index contributed by atoms with van der Waals surface area (Å²) in [6.07, 6.45) is 2.13. The van der Waals surface area contributed by atoms with E-state index in [1.54, 1.807) is 6.07 Å². The molecular weight excluding hydrogens is 192 g/mol. The number of nitrogens with one attached hydrogen (secondary N) is 1. The van der Waals surface area contributed by atoms with Crippen LogP contribution in [-0.4, -0.2) is 11.8 Å². The molecule has 0 heterocycles. The van der Waals surface area contributed by atoms with Crippen LogP contribution in [0.25, 0.3) is 0 Å². The smallest absolute Gasteiger partial charge is 0.248 e. The molecule has 0 aromatic heterocycles. The van der Waals surface area contributed by atoms with E-state index >= 15 is 0 Å². The number of rotatable bonds is 3. The monoisotopic (exact) mass is 204 g/mol. The molecular formula is C11H12N2O2. The number of carbonyl (C=O) groups excluding carboxylic acids is 2. The first-order chi connectivity index (χ1) is 7.09. The van der Waals surface area contributed by atoms with Crippen LogP contribution < -0.4 is 11.1 Å². The van der Waals surface area contributed by atoms with Gasteiger partial charge in [0.1, 0.15) is 0 Å². The number of aryl methyl sites for hydroxylation is 1. The van der Waals surface area contributed by atoms with Crippen LogP contribution in [0.3, 0.4) is 0 Å². The topological polar surface area (TPSA) is 72.2 Å². The van der Waals surface area contributed by atoms with Crippen molar-refractivity contribution in [3.05, 3.63) is 42.0 Å². The van der Waals surface area contributed by atoms with E-state index in [0.717, 1.165) is 23.4 Å². The lowest BCUT2D eigenvalue weighted by atomic mass is 10.2. The highest BCUT2D eigenvalue weighted by Crippen LogP contribution is 2.12. The minimum atomic E-state index is -0.644. The van der Waals surface area contributed by atoms with Crippen LogP contribution in [0.1, 0.15) is 5.56 Å². The fourth-order valence-corrected chi connectivity index (χ4v) is 1.05. The van der Waals surface area contributed by atoms with Gasteiger partial charge in [-0.05, 0) is 18.6 Å². The zero-order chi connectivity index (χ0) is 11.3. The molecule has 1 aromatic carbocycles. The van der Waals surface area contributed by atoms with Crippen molar-refractivity contribution in [2.24, 2.45) is 5.73 Å². The Kier molecular flexibility index (Phi) is 3.62. The first-order valence-electron chi connectivity index (χ1n) is 4.43. The number of hydrogen-bond donors (Lipinski definition) is 2. The lowest BCUT2D eigenvalue weighted by molar-refractivity contribution is -0.115. The van der Waals surface area contributed by atoms with Gasteiger partial charge in [-0.25, -0.2) is 0 Å². The van der Waals surface area contributed by atoms with E-state index in [2.05, 4.69) is 5.32 Å². The Bertz CT molecular complexity index is 411. The van der Waals surface area contributed by atoms with Gasteiger partial charge in [-0.1, -0.05) is 18.2 Å². The van der Waals surface area contributed by atoms with Gasteiger partial charge in [-0.15, -0.1) is 0 Å². The molecule has 3 N–H and O–H groups in total. The third-order valence-electron chi connectivity index (χ3n) is 1.80. The van der Waals surface area contributed by atoms with Crippen LogP contribution >= 0.6 is 0 Å². The first-order valence-corrected chi connectivity index (χ1v) is 4.43. The quantitative estimate of drug-likeness (QED) is 0.720. The van der Waals surface area contributed by atoms with Gasteiger partial charge in [0.05, 0.1) is 0 Å². The molecule has 0 aliphatic rings. The fraction of sp³-hybridized carbons (Fsp3) is 0.0909. The molecule has 0 radical (unpaired) electrons. The van der Waals surface area contributed by atoms with Gasteiger partial charge in [0.25, 0.3) is 0 Å². The van der Waals surface area contributed by atoms with Crippen molar-refractivity contribution in [1.82, 2.24) is 0 Å². The molecule has 1 aromatic rings. The number of primary amides is 1. The van der Waals surface area contributed by atoms with Crippen molar-refractivity contribution < 1.29 is 9.59 Å². The van der Waals surface area contributed by atoms with Crippen molar-refractivity contribution in [1.29, 1.82) is 0 Å². The summed E-state index contributed by atoms with van der Waals surface area (Å²) in [5, 5.41) is 2.63. The van der Waals surface area contributed by atoms with Crippen LogP contribution in [0.2, 0.25) is 0 Å². The van der Waals surface area contributed by atoms with E-state index in [-0.39, 0.29) is 5.91 Å². The zero-order valence-electron chi connectivity index (χ0n) is 8.36. The SMILES string of the molecule is Cc1ccccc1NC(=O)/C=C\C(N)=O. The highest BCUT2D eigenvalue weighted by atomic mass is 16.2. The Morgan fingerprint density at radius 1 is 1.27 bits per heavy atom. The van der Waals surface area contributed by atoms with Crippen LogP contribution in [0.15, 0.2) is 36.4 Å². The number of hydrogen-bond acceptors (Lipinski definition) is 2. The van der Waals surface area contributed by atoms with Crippen LogP contribution in [0.5, 0.6) is 0 Å². The van der Waals surface area contributed by atoms with E-state index in [1.165, 1.54) is 0 Å². The summed E-state index contributed by atoms with van der Waals surface area (Å²) >= 11 is 0. The van der Waals surface area contributed by atoms with Gasteiger partial charge < -0.3 is 11.1 Å². The number of benzene rings is 1. The summed E-state index contributed by atoms with van der Waals surface area (Å²) in [5.41, 5.74) is 6.53. The third-order valence-corrected chi connectivity index (χ3v) is 1.80. The van der Waals surface area contributed by atoms with Crippen LogP contribution in [-0.2, 0) is 9.59 Å². The Balaban J connectivity index is 2.67. The maximum atomic E-state index is 11.3. The highest BCUT2D eigenvalue weighted by Gasteiger charge is 2.00. The Morgan fingerprint density at radius 2 is 1.93 bits per heavy atom. The predicted octanol–water partition coefficient (Wildman–Crippen LogP) is 0.975. The molecule has 0 spiro atoms. The van der Waals surface area contributed by atoms with Crippen LogP contribution in [0.4, 0.5) is 5.69 Å². The Morgan fingerprint density at radius 3 is 2.53 bits per heavy atom. The molecule has 4 heteroatoms. The molecule has 1 rings (SSSR count). The van der Waals surface area contributed by atoms with E-state index < -0.39 is 5.91 Å². The van der Waals surface area contributed by atoms with E-state index in [1.807, 2.05) is 25.1 Å². The van der Waals surface area contributed by atoms with Crippen molar-refractivity contribution >= 4 is 17.5 Å². The minimum Gasteiger partial charge on any atom is -0.366 e. The van der Waals surface area contributed by atoms with Crippen molar-refractivity contribution in [2.45, 2.75) is 6.92 Å². The number of nitrogens with two attached hydrogens (primary N) is 1. The summed E-state index contributed by atoms with van der Waals surface area (Å²) < 4.78 is 0. The van der Waals surface area contributed by atoms with Crippen molar-refractivity contribution in [3.8, 4) is 0 Å². The number of amides is 2. The first kappa shape index (κ1) is 11.0. The standard InChI is InChI=1S/C11H12N2O2/c1-8-4-2-3-5-9(8)13-11(15)7-6-10(12)14/h2-7H,1H3,(H2,12,14)(H,13,15)/b7-6-. The predicted molar refractivity (Wildman–Crippen MR) is 58.1 cm³/mol. The van der Waals surface area contributed by atoms with Crippen molar-refractivity contribution in [3.63, 3.8) is 0 Å². The van der Waals surface area contributed by atoms with Gasteiger partial charge in [-0.3, -0.25) is 9.59 Å². The molecule has 0 saturated heterocycles. The summed E-state index contributed by atoms with van der Waals surface area (Å²) in [7, 11) is 0. The molecule has 15 heavy (non-hydrogen) atoms. The van der Waals surface area contributed by atoms with E-state index in [9.17, 15) is 9.59 Å². The number of para-hydroxylation sites is 1. The average Bonchev–Trinajstić information content (AvgIpc) is 2.18.